The quantitative estimate of drug-likeness (QED) is 0.114. The van der Waals surface area contributed by atoms with Crippen LogP contribution in [0.25, 0.3) is 0 Å². The van der Waals surface area contributed by atoms with Crippen molar-refractivity contribution in [2.45, 2.75) is 90.2 Å². The van der Waals surface area contributed by atoms with E-state index in [-0.39, 0.29) is 19.1 Å². The van der Waals surface area contributed by atoms with Crippen LogP contribution in [0.1, 0.15) is 53.4 Å². The number of nitrogens with two attached hydrogens (primary N) is 1. The molecule has 0 spiro atoms. The molecule has 242 valence electrons. The molecule has 42 heavy (non-hydrogen) atoms. The first kappa shape index (κ1) is 38.5. The van der Waals surface area contributed by atoms with Crippen LogP contribution in [-0.2, 0) is 52.5 Å². The average Bonchev–Trinajstić information content (AvgIpc) is 2.85. The molecule has 5 N–H and O–H groups in total. The number of hydrogen-bond acceptors (Lipinski definition) is 12. The zero-order chi connectivity index (χ0) is 32.5. The molecule has 18 heteroatoms. The van der Waals surface area contributed by atoms with E-state index in [0.717, 1.165) is 6.92 Å². The van der Waals surface area contributed by atoms with E-state index in [1.54, 1.807) is 0 Å². The maximum atomic E-state index is 11.9. The minimum atomic E-state index is -5.08. The van der Waals surface area contributed by atoms with Crippen molar-refractivity contribution >= 4 is 35.7 Å². The first-order valence-electron chi connectivity index (χ1n) is 12.8. The third-order valence-corrected chi connectivity index (χ3v) is 5.10. The molecule has 2 amide bonds. The Kier molecular flexibility index (Phi) is 17.9. The van der Waals surface area contributed by atoms with Crippen LogP contribution in [0.5, 0.6) is 0 Å². The van der Waals surface area contributed by atoms with Crippen molar-refractivity contribution in [3.63, 3.8) is 0 Å². The topological polar surface area (TPSA) is 219 Å². The summed E-state index contributed by atoms with van der Waals surface area (Å²) in [6, 6.07) is -1.02. The van der Waals surface area contributed by atoms with Crippen molar-refractivity contribution in [3.8, 4) is 0 Å². The number of nitrogens with one attached hydrogen (secondary N) is 2. The van der Waals surface area contributed by atoms with E-state index in [0.29, 0.717) is 38.8 Å². The molecule has 5 atom stereocenters. The van der Waals surface area contributed by atoms with Crippen LogP contribution in [0.2, 0.25) is 0 Å². The first-order chi connectivity index (χ1) is 19.5. The van der Waals surface area contributed by atoms with E-state index >= 15 is 0 Å². The summed E-state index contributed by atoms with van der Waals surface area (Å²) in [7, 11) is 0. The van der Waals surface area contributed by atoms with Gasteiger partial charge in [-0.25, -0.2) is 4.79 Å². The number of alkyl halides is 3. The van der Waals surface area contributed by atoms with Crippen LogP contribution in [0, 0.1) is 0 Å². The summed E-state index contributed by atoms with van der Waals surface area (Å²) in [5.74, 6) is -5.27. The van der Waals surface area contributed by atoms with Crippen LogP contribution in [0.4, 0.5) is 13.2 Å². The Morgan fingerprint density at radius 3 is 1.95 bits per heavy atom. The van der Waals surface area contributed by atoms with E-state index < -0.39 is 66.6 Å². The highest BCUT2D eigenvalue weighted by molar-refractivity contribution is 5.75. The van der Waals surface area contributed by atoms with Gasteiger partial charge in [-0.1, -0.05) is 0 Å². The smallest absolute Gasteiger partial charge is 0.475 e. The maximum Gasteiger partial charge on any atom is 0.490 e. The molecule has 0 aromatic rings. The lowest BCUT2D eigenvalue weighted by molar-refractivity contribution is -0.277. The molecule has 0 aliphatic carbocycles. The van der Waals surface area contributed by atoms with Gasteiger partial charge in [-0.05, 0) is 25.8 Å². The SMILES string of the molecule is CC(=O)N[C@H]1[C@H](OCCCCC(=O)NCCCN)O[C@H](COC(C)=O)[C@H](OC(C)=O)[C@@H]1OC(C)=O.O=C(O)C(F)(F)F. The Labute approximate surface area is 239 Å². The van der Waals surface area contributed by atoms with Gasteiger partial charge in [-0.15, -0.1) is 0 Å². The largest absolute Gasteiger partial charge is 0.490 e. The van der Waals surface area contributed by atoms with Gasteiger partial charge in [0.1, 0.15) is 18.8 Å². The summed E-state index contributed by atoms with van der Waals surface area (Å²) in [6.07, 6.45) is -7.55. The first-order valence-corrected chi connectivity index (χ1v) is 12.8. The highest BCUT2D eigenvalue weighted by Gasteiger charge is 2.51. The lowest BCUT2D eigenvalue weighted by atomic mass is 9.96. The number of unbranched alkanes of at least 4 members (excludes halogenated alkanes) is 1. The molecule has 1 fully saturated rings. The molecule has 0 bridgehead atoms. The molecule has 1 aliphatic heterocycles. The third kappa shape index (κ3) is 16.7. The predicted octanol–water partition coefficient (Wildman–Crippen LogP) is -0.0723. The number of carbonyl (C=O) groups excluding carboxylic acids is 5. The number of hydrogen-bond donors (Lipinski definition) is 4. The van der Waals surface area contributed by atoms with Crippen molar-refractivity contribution in [2.75, 3.05) is 26.3 Å². The summed E-state index contributed by atoms with van der Waals surface area (Å²) in [5, 5.41) is 12.5. The Bertz CT molecular complexity index is 919. The van der Waals surface area contributed by atoms with Gasteiger partial charge in [-0.2, -0.15) is 13.2 Å². The fraction of sp³-hybridized carbons (Fsp3) is 0.750. The van der Waals surface area contributed by atoms with Crippen molar-refractivity contribution in [2.24, 2.45) is 5.73 Å². The Morgan fingerprint density at radius 2 is 1.48 bits per heavy atom. The van der Waals surface area contributed by atoms with Crippen LogP contribution >= 0.6 is 0 Å². The lowest BCUT2D eigenvalue weighted by Crippen LogP contribution is -2.66. The zero-order valence-corrected chi connectivity index (χ0v) is 23.7. The van der Waals surface area contributed by atoms with Gasteiger partial charge >= 0.3 is 30.1 Å². The number of halogens is 3. The van der Waals surface area contributed by atoms with Crippen LogP contribution in [0.3, 0.4) is 0 Å². The van der Waals surface area contributed by atoms with E-state index in [2.05, 4.69) is 10.6 Å². The average molecular weight is 618 g/mol. The number of aliphatic carboxylic acids is 1. The van der Waals surface area contributed by atoms with E-state index in [1.165, 1.54) is 20.8 Å². The monoisotopic (exact) mass is 617 g/mol. The summed E-state index contributed by atoms with van der Waals surface area (Å²) in [5.41, 5.74) is 5.40. The van der Waals surface area contributed by atoms with Crippen molar-refractivity contribution in [1.82, 2.24) is 10.6 Å². The fourth-order valence-electron chi connectivity index (χ4n) is 3.44. The van der Waals surface area contributed by atoms with Crippen molar-refractivity contribution < 1.29 is 70.7 Å². The van der Waals surface area contributed by atoms with E-state index in [4.69, 9.17) is 39.3 Å². The number of carboxylic acids is 1. The number of carboxylic acid groups (broad SMARTS) is 1. The fourth-order valence-corrected chi connectivity index (χ4v) is 3.44. The number of esters is 3. The normalized spacial score (nSPS) is 21.6. The Balaban J connectivity index is 0.00000212. The molecule has 0 aromatic carbocycles. The summed E-state index contributed by atoms with van der Waals surface area (Å²) in [4.78, 5) is 67.5. The maximum absolute atomic E-state index is 11.9. The van der Waals surface area contributed by atoms with Crippen LogP contribution in [-0.4, -0.2) is 104 Å². The molecular weight excluding hydrogens is 579 g/mol. The molecule has 1 aliphatic rings. The zero-order valence-electron chi connectivity index (χ0n) is 23.7. The second-order valence-corrected chi connectivity index (χ2v) is 8.84. The highest BCUT2D eigenvalue weighted by Crippen LogP contribution is 2.28. The van der Waals surface area contributed by atoms with E-state index in [9.17, 15) is 37.1 Å². The molecule has 0 aromatic heterocycles. The minimum absolute atomic E-state index is 0.0934. The molecule has 0 saturated carbocycles. The lowest BCUT2D eigenvalue weighted by Gasteiger charge is -2.44. The number of amides is 2. The second kappa shape index (κ2) is 19.6. The molecule has 1 rings (SSSR count). The number of rotatable bonds is 14. The molecule has 15 nitrogen and oxygen atoms in total. The van der Waals surface area contributed by atoms with Gasteiger partial charge in [0.05, 0.1) is 0 Å². The molecule has 0 radical (unpaired) electrons. The van der Waals surface area contributed by atoms with Gasteiger partial charge in [0.2, 0.25) is 11.8 Å². The Hall–Kier alpha value is -3.51. The molecule has 1 heterocycles. The predicted molar refractivity (Wildman–Crippen MR) is 134 cm³/mol. The molecule has 0 unspecified atom stereocenters. The Morgan fingerprint density at radius 1 is 0.905 bits per heavy atom. The van der Waals surface area contributed by atoms with Gasteiger partial charge in [0.25, 0.3) is 0 Å². The minimum Gasteiger partial charge on any atom is -0.475 e. The van der Waals surface area contributed by atoms with Crippen LogP contribution in [0.15, 0.2) is 0 Å². The van der Waals surface area contributed by atoms with Gasteiger partial charge in [0.15, 0.2) is 18.5 Å². The number of carbonyl (C=O) groups is 6. The van der Waals surface area contributed by atoms with Crippen LogP contribution < -0.4 is 16.4 Å². The number of ether oxygens (including phenoxy) is 5. The summed E-state index contributed by atoms with van der Waals surface area (Å²) in [6.45, 7) is 5.66. The molecule has 1 saturated heterocycles. The van der Waals surface area contributed by atoms with E-state index in [1.807, 2.05) is 0 Å². The third-order valence-electron chi connectivity index (χ3n) is 5.10. The van der Waals surface area contributed by atoms with Gasteiger partial charge in [0, 0.05) is 47.3 Å². The molecular formula is C24H38F3N3O12. The highest BCUT2D eigenvalue weighted by atomic mass is 19.4. The van der Waals surface area contributed by atoms with Gasteiger partial charge in [-0.3, -0.25) is 24.0 Å². The second-order valence-electron chi connectivity index (χ2n) is 8.84. The summed E-state index contributed by atoms with van der Waals surface area (Å²) < 4.78 is 59.2. The van der Waals surface area contributed by atoms with Gasteiger partial charge < -0.3 is 45.2 Å². The van der Waals surface area contributed by atoms with Crippen molar-refractivity contribution in [3.05, 3.63) is 0 Å². The van der Waals surface area contributed by atoms with Crippen molar-refractivity contribution in [1.29, 1.82) is 0 Å². The standard InChI is InChI=1S/C22H37N3O10.C2HF3O2/c1-13(26)25-19-21(34-16(4)29)20(33-15(3)28)17(12-32-14(2)27)35-22(19)31-11-6-5-8-18(30)24-10-7-9-23;3-2(4,5)1(6)7/h17,19-22H,5-12,23H2,1-4H3,(H,24,30)(H,25,26);(H,6,7)/t17-,19-,20+,21-,22-;/m1./s1. The summed E-state index contributed by atoms with van der Waals surface area (Å²) >= 11 is 0.